The van der Waals surface area contributed by atoms with Gasteiger partial charge in [-0.05, 0) is 62.4 Å². The lowest BCUT2D eigenvalue weighted by Crippen LogP contribution is -2.27. The Morgan fingerprint density at radius 1 is 1.36 bits per heavy atom. The summed E-state index contributed by atoms with van der Waals surface area (Å²) >= 11 is 0. The maximum atomic E-state index is 14.0. The Morgan fingerprint density at radius 2 is 2.12 bits per heavy atom. The molecule has 7 heteroatoms. The van der Waals surface area contributed by atoms with Crippen molar-refractivity contribution >= 4 is 12.4 Å². The Hall–Kier alpha value is -1.92. The Kier molecular flexibility index (Phi) is 6.56. The Bertz CT molecular complexity index is 790. The fraction of sp³-hybridized carbons (Fsp3) is 0.444. The van der Waals surface area contributed by atoms with Crippen molar-refractivity contribution in [3.63, 3.8) is 0 Å². The molecule has 0 bridgehead atoms. The Balaban J connectivity index is 0.00000225. The summed E-state index contributed by atoms with van der Waals surface area (Å²) in [7, 11) is 1.43. The number of hydrogen-bond donors (Lipinski definition) is 1. The van der Waals surface area contributed by atoms with Crippen molar-refractivity contribution in [3.05, 3.63) is 46.0 Å². The van der Waals surface area contributed by atoms with Crippen LogP contribution in [0.2, 0.25) is 0 Å². The molecule has 0 saturated heterocycles. The molecule has 0 radical (unpaired) electrons. The highest BCUT2D eigenvalue weighted by atomic mass is 35.5. The van der Waals surface area contributed by atoms with Crippen molar-refractivity contribution in [1.82, 2.24) is 9.78 Å². The van der Waals surface area contributed by atoms with Crippen LogP contribution in [0.1, 0.15) is 24.8 Å². The van der Waals surface area contributed by atoms with Crippen LogP contribution in [0, 0.1) is 11.7 Å². The lowest BCUT2D eigenvalue weighted by atomic mass is 10.1. The second kappa shape index (κ2) is 8.45. The van der Waals surface area contributed by atoms with E-state index in [1.165, 1.54) is 17.9 Å². The molecular weight excluding hydrogens is 345 g/mol. The van der Waals surface area contributed by atoms with E-state index in [0.29, 0.717) is 42.2 Å². The van der Waals surface area contributed by atoms with Crippen molar-refractivity contribution < 1.29 is 9.13 Å². The molecule has 0 amide bonds. The molecule has 1 aliphatic carbocycles. The van der Waals surface area contributed by atoms with E-state index in [1.807, 2.05) is 0 Å². The van der Waals surface area contributed by atoms with E-state index in [2.05, 4.69) is 5.10 Å². The first-order chi connectivity index (χ1) is 11.6. The standard InChI is InChI=1S/C18H22FN3O2.ClH/c1-24-17-7-6-13(9-15(17)19)16-10-14(3-2-8-20)18(23)22(21-16)11-12-4-5-12;/h6-7,9-10,12H,2-5,8,11,20H2,1H3;1H. The topological polar surface area (TPSA) is 70.1 Å². The molecule has 1 saturated carbocycles. The minimum atomic E-state index is -0.444. The van der Waals surface area contributed by atoms with Gasteiger partial charge in [-0.25, -0.2) is 9.07 Å². The van der Waals surface area contributed by atoms with Crippen LogP contribution in [0.3, 0.4) is 0 Å². The first-order valence-electron chi connectivity index (χ1n) is 8.27. The molecule has 2 aromatic rings. The van der Waals surface area contributed by atoms with Crippen molar-refractivity contribution in [2.24, 2.45) is 11.7 Å². The number of halogens is 2. The maximum Gasteiger partial charge on any atom is 0.269 e. The van der Waals surface area contributed by atoms with Crippen LogP contribution in [-0.4, -0.2) is 23.4 Å². The summed E-state index contributed by atoms with van der Waals surface area (Å²) in [6.07, 6.45) is 3.61. The zero-order valence-electron chi connectivity index (χ0n) is 14.2. The smallest absolute Gasteiger partial charge is 0.269 e. The van der Waals surface area contributed by atoms with Gasteiger partial charge < -0.3 is 10.5 Å². The SMILES string of the molecule is COc1ccc(-c2cc(CCCN)c(=O)n(CC3CC3)n2)cc1F.Cl. The molecule has 1 heterocycles. The first kappa shape index (κ1) is 19.4. The highest BCUT2D eigenvalue weighted by Gasteiger charge is 2.23. The van der Waals surface area contributed by atoms with E-state index in [0.717, 1.165) is 19.3 Å². The molecule has 0 spiro atoms. The zero-order valence-corrected chi connectivity index (χ0v) is 15.0. The summed E-state index contributed by atoms with van der Waals surface area (Å²) in [5.74, 6) is 0.272. The number of ether oxygens (including phenoxy) is 1. The molecule has 1 aliphatic rings. The van der Waals surface area contributed by atoms with Gasteiger partial charge in [-0.3, -0.25) is 4.79 Å². The van der Waals surface area contributed by atoms with Gasteiger partial charge >= 0.3 is 0 Å². The quantitative estimate of drug-likeness (QED) is 0.816. The lowest BCUT2D eigenvalue weighted by molar-refractivity contribution is 0.386. The van der Waals surface area contributed by atoms with Crippen LogP contribution in [0.25, 0.3) is 11.3 Å². The Labute approximate surface area is 152 Å². The molecule has 0 atom stereocenters. The summed E-state index contributed by atoms with van der Waals surface area (Å²) in [6.45, 7) is 1.15. The van der Waals surface area contributed by atoms with Gasteiger partial charge in [0.1, 0.15) is 0 Å². The van der Waals surface area contributed by atoms with Crippen LogP contribution in [0.4, 0.5) is 4.39 Å². The van der Waals surface area contributed by atoms with Crippen LogP contribution >= 0.6 is 12.4 Å². The molecule has 2 N–H and O–H groups in total. The zero-order chi connectivity index (χ0) is 17.1. The van der Waals surface area contributed by atoms with Gasteiger partial charge in [-0.1, -0.05) is 0 Å². The maximum absolute atomic E-state index is 14.0. The molecule has 5 nitrogen and oxygen atoms in total. The van der Waals surface area contributed by atoms with Crippen molar-refractivity contribution in [1.29, 1.82) is 0 Å². The van der Waals surface area contributed by atoms with Gasteiger partial charge in [0.25, 0.3) is 5.56 Å². The van der Waals surface area contributed by atoms with E-state index in [4.69, 9.17) is 10.5 Å². The van der Waals surface area contributed by atoms with Crippen molar-refractivity contribution in [2.45, 2.75) is 32.2 Å². The molecular formula is C18H23ClFN3O2. The first-order valence-corrected chi connectivity index (χ1v) is 8.27. The summed E-state index contributed by atoms with van der Waals surface area (Å²) in [6, 6.07) is 6.47. The van der Waals surface area contributed by atoms with Gasteiger partial charge in [-0.15, -0.1) is 12.4 Å². The fourth-order valence-corrected chi connectivity index (χ4v) is 2.70. The van der Waals surface area contributed by atoms with Gasteiger partial charge in [0.05, 0.1) is 12.8 Å². The average Bonchev–Trinajstić information content (AvgIpc) is 3.39. The lowest BCUT2D eigenvalue weighted by Gasteiger charge is -2.11. The minimum Gasteiger partial charge on any atom is -0.494 e. The largest absolute Gasteiger partial charge is 0.494 e. The fourth-order valence-electron chi connectivity index (χ4n) is 2.70. The highest BCUT2D eigenvalue weighted by Crippen LogP contribution is 2.30. The third-order valence-corrected chi connectivity index (χ3v) is 4.27. The molecule has 1 aromatic heterocycles. The normalized spacial score (nSPS) is 13.4. The van der Waals surface area contributed by atoms with Crippen LogP contribution < -0.4 is 16.0 Å². The summed E-state index contributed by atoms with van der Waals surface area (Å²) in [5.41, 5.74) is 7.42. The second-order valence-electron chi connectivity index (χ2n) is 6.23. The number of aromatic nitrogens is 2. The van der Waals surface area contributed by atoms with Gasteiger partial charge in [0.15, 0.2) is 11.6 Å². The Morgan fingerprint density at radius 3 is 2.72 bits per heavy atom. The van der Waals surface area contributed by atoms with E-state index < -0.39 is 5.82 Å². The average molecular weight is 368 g/mol. The molecule has 0 unspecified atom stereocenters. The molecule has 1 fully saturated rings. The summed E-state index contributed by atoms with van der Waals surface area (Å²) < 4.78 is 20.5. The number of aryl methyl sites for hydroxylation is 1. The molecule has 3 rings (SSSR count). The number of rotatable bonds is 7. The number of hydrogen-bond acceptors (Lipinski definition) is 4. The molecule has 0 aliphatic heterocycles. The second-order valence-corrected chi connectivity index (χ2v) is 6.23. The third kappa shape index (κ3) is 4.58. The number of benzene rings is 1. The monoisotopic (exact) mass is 367 g/mol. The number of methoxy groups -OCH3 is 1. The van der Waals surface area contributed by atoms with E-state index in [1.54, 1.807) is 18.2 Å². The van der Waals surface area contributed by atoms with Gasteiger partial charge in [0.2, 0.25) is 0 Å². The van der Waals surface area contributed by atoms with Crippen LogP contribution in [0.5, 0.6) is 5.75 Å². The van der Waals surface area contributed by atoms with E-state index >= 15 is 0 Å². The van der Waals surface area contributed by atoms with Gasteiger partial charge in [-0.2, -0.15) is 5.10 Å². The van der Waals surface area contributed by atoms with E-state index in [-0.39, 0.29) is 23.7 Å². The number of nitrogens with zero attached hydrogens (tertiary/aromatic N) is 2. The molecule has 1 aromatic carbocycles. The molecule has 136 valence electrons. The predicted molar refractivity (Wildman–Crippen MR) is 97.8 cm³/mol. The molecule has 25 heavy (non-hydrogen) atoms. The minimum absolute atomic E-state index is 0. The van der Waals surface area contributed by atoms with Crippen LogP contribution in [-0.2, 0) is 13.0 Å². The van der Waals surface area contributed by atoms with Gasteiger partial charge in [0, 0.05) is 17.7 Å². The van der Waals surface area contributed by atoms with Crippen molar-refractivity contribution in [3.8, 4) is 17.0 Å². The number of nitrogens with two attached hydrogens (primary N) is 1. The third-order valence-electron chi connectivity index (χ3n) is 4.27. The van der Waals surface area contributed by atoms with Crippen LogP contribution in [0.15, 0.2) is 29.1 Å². The summed E-state index contributed by atoms with van der Waals surface area (Å²) in [5, 5.41) is 4.45. The highest BCUT2D eigenvalue weighted by molar-refractivity contribution is 5.85. The van der Waals surface area contributed by atoms with E-state index in [9.17, 15) is 9.18 Å². The summed E-state index contributed by atoms with van der Waals surface area (Å²) in [4.78, 5) is 12.6. The van der Waals surface area contributed by atoms with Crippen molar-refractivity contribution in [2.75, 3.05) is 13.7 Å². The predicted octanol–water partition coefficient (Wildman–Crippen LogP) is 2.78.